The molecule has 6 nitrogen and oxygen atoms in total. The van der Waals surface area contributed by atoms with Crippen molar-refractivity contribution in [3.05, 3.63) is 21.4 Å². The van der Waals surface area contributed by atoms with Crippen LogP contribution in [0.3, 0.4) is 0 Å². The minimum atomic E-state index is -0.584. The fraction of sp³-hybridized carbons (Fsp3) is 0.588. The van der Waals surface area contributed by atoms with Crippen molar-refractivity contribution in [3.63, 3.8) is 0 Å². The molecule has 0 radical (unpaired) electrons. The molecule has 0 saturated carbocycles. The molecule has 1 fully saturated rings. The monoisotopic (exact) mass is 350 g/mol. The number of thiophene rings is 1. The Labute approximate surface area is 145 Å². The predicted molar refractivity (Wildman–Crippen MR) is 89.8 cm³/mol. The van der Waals surface area contributed by atoms with Crippen LogP contribution in [0.5, 0.6) is 0 Å². The molecule has 1 aliphatic heterocycles. The highest BCUT2D eigenvalue weighted by Crippen LogP contribution is 2.30. The number of fused-ring (bicyclic) bond motifs is 1. The largest absolute Gasteiger partial charge is 0.452 e. The number of aryl methyl sites for hydroxylation is 1. The second-order valence-corrected chi connectivity index (χ2v) is 7.30. The highest BCUT2D eigenvalue weighted by atomic mass is 32.1. The summed E-state index contributed by atoms with van der Waals surface area (Å²) in [6.45, 7) is 0.144. The summed E-state index contributed by atoms with van der Waals surface area (Å²) >= 11 is 1.59. The fourth-order valence-corrected chi connectivity index (χ4v) is 4.59. The maximum absolute atomic E-state index is 12.3. The quantitative estimate of drug-likeness (QED) is 0.836. The SMILES string of the molecule is NC(=O)[C@@H]1CCCCN1C(=O)COC(=O)c1csc2c1CCCC2. The van der Waals surface area contributed by atoms with Crippen LogP contribution in [-0.2, 0) is 27.2 Å². The number of piperidine rings is 1. The summed E-state index contributed by atoms with van der Waals surface area (Å²) in [4.78, 5) is 38.8. The summed E-state index contributed by atoms with van der Waals surface area (Å²) in [6, 6.07) is -0.584. The third kappa shape index (κ3) is 3.45. The number of carbonyl (C=O) groups excluding carboxylic acids is 3. The Hall–Kier alpha value is -1.89. The molecule has 0 bridgehead atoms. The molecule has 1 aromatic rings. The summed E-state index contributed by atoms with van der Waals surface area (Å²) in [5.74, 6) is -1.30. The van der Waals surface area contributed by atoms with E-state index in [0.29, 0.717) is 18.5 Å². The number of hydrogen-bond donors (Lipinski definition) is 1. The van der Waals surface area contributed by atoms with Gasteiger partial charge in [-0.1, -0.05) is 0 Å². The van der Waals surface area contributed by atoms with Gasteiger partial charge in [-0.25, -0.2) is 4.79 Å². The van der Waals surface area contributed by atoms with Crippen LogP contribution >= 0.6 is 11.3 Å². The maximum atomic E-state index is 12.3. The molecule has 1 aromatic heterocycles. The Morgan fingerprint density at radius 2 is 2.00 bits per heavy atom. The summed E-state index contributed by atoms with van der Waals surface area (Å²) in [6.07, 6.45) is 6.43. The van der Waals surface area contributed by atoms with E-state index in [1.54, 1.807) is 11.3 Å². The Kier molecular flexibility index (Phi) is 5.18. The van der Waals surface area contributed by atoms with E-state index >= 15 is 0 Å². The van der Waals surface area contributed by atoms with Gasteiger partial charge in [-0.3, -0.25) is 9.59 Å². The topological polar surface area (TPSA) is 89.7 Å². The van der Waals surface area contributed by atoms with Crippen LogP contribution in [0.1, 0.15) is 52.9 Å². The van der Waals surface area contributed by atoms with Crippen LogP contribution < -0.4 is 5.73 Å². The number of carbonyl (C=O) groups is 3. The van der Waals surface area contributed by atoms with E-state index in [2.05, 4.69) is 0 Å². The first-order valence-electron chi connectivity index (χ1n) is 8.43. The average molecular weight is 350 g/mol. The molecule has 1 saturated heterocycles. The first kappa shape index (κ1) is 17.0. The molecule has 7 heteroatoms. The van der Waals surface area contributed by atoms with E-state index in [-0.39, 0.29) is 12.5 Å². The van der Waals surface area contributed by atoms with Crippen molar-refractivity contribution in [1.29, 1.82) is 0 Å². The Balaban J connectivity index is 1.60. The molecule has 2 N–H and O–H groups in total. The molecule has 130 valence electrons. The van der Waals surface area contributed by atoms with Crippen molar-refractivity contribution < 1.29 is 19.1 Å². The van der Waals surface area contributed by atoms with Crippen LogP contribution in [0.4, 0.5) is 0 Å². The zero-order chi connectivity index (χ0) is 17.1. The smallest absolute Gasteiger partial charge is 0.339 e. The molecule has 0 aromatic carbocycles. The van der Waals surface area contributed by atoms with Gasteiger partial charge >= 0.3 is 5.97 Å². The van der Waals surface area contributed by atoms with Gasteiger partial charge in [-0.05, 0) is 50.5 Å². The third-order valence-electron chi connectivity index (χ3n) is 4.76. The average Bonchev–Trinajstić information content (AvgIpc) is 3.03. The van der Waals surface area contributed by atoms with Crippen molar-refractivity contribution in [3.8, 4) is 0 Å². The number of hydrogen-bond acceptors (Lipinski definition) is 5. The van der Waals surface area contributed by atoms with E-state index in [9.17, 15) is 14.4 Å². The van der Waals surface area contributed by atoms with Crippen LogP contribution in [0, 0.1) is 0 Å². The van der Waals surface area contributed by atoms with Gasteiger partial charge in [-0.15, -0.1) is 11.3 Å². The van der Waals surface area contributed by atoms with Crippen molar-refractivity contribution in [2.24, 2.45) is 5.73 Å². The lowest BCUT2D eigenvalue weighted by molar-refractivity contribution is -0.143. The molecule has 1 atom stereocenters. The summed E-state index contributed by atoms with van der Waals surface area (Å²) in [5.41, 5.74) is 7.04. The van der Waals surface area contributed by atoms with E-state index < -0.39 is 17.9 Å². The zero-order valence-corrected chi connectivity index (χ0v) is 14.4. The van der Waals surface area contributed by atoms with Gasteiger partial charge in [0.05, 0.1) is 5.56 Å². The number of primary amides is 1. The zero-order valence-electron chi connectivity index (χ0n) is 13.6. The number of esters is 1. The van der Waals surface area contributed by atoms with Gasteiger partial charge in [0.2, 0.25) is 5.91 Å². The van der Waals surface area contributed by atoms with Gasteiger partial charge in [-0.2, -0.15) is 0 Å². The molecule has 1 aliphatic carbocycles. The number of nitrogens with zero attached hydrogens (tertiary/aromatic N) is 1. The fourth-order valence-electron chi connectivity index (χ4n) is 3.48. The molecule has 2 amide bonds. The Morgan fingerprint density at radius 1 is 1.21 bits per heavy atom. The number of likely N-dealkylation sites (tertiary alicyclic amines) is 1. The highest BCUT2D eigenvalue weighted by Gasteiger charge is 2.31. The maximum Gasteiger partial charge on any atom is 0.339 e. The normalized spacial score (nSPS) is 20.3. The van der Waals surface area contributed by atoms with Gasteiger partial charge in [0, 0.05) is 16.8 Å². The second-order valence-electron chi connectivity index (χ2n) is 6.34. The van der Waals surface area contributed by atoms with Crippen LogP contribution in [0.15, 0.2) is 5.38 Å². The van der Waals surface area contributed by atoms with Gasteiger partial charge in [0.15, 0.2) is 6.61 Å². The van der Waals surface area contributed by atoms with Crippen molar-refractivity contribution in [1.82, 2.24) is 4.90 Å². The molecule has 24 heavy (non-hydrogen) atoms. The van der Waals surface area contributed by atoms with Crippen molar-refractivity contribution in [2.75, 3.05) is 13.2 Å². The first-order chi connectivity index (χ1) is 11.6. The molecular weight excluding hydrogens is 328 g/mol. The lowest BCUT2D eigenvalue weighted by atomic mass is 9.96. The van der Waals surface area contributed by atoms with Gasteiger partial charge < -0.3 is 15.4 Å². The van der Waals surface area contributed by atoms with Crippen LogP contribution in [0.2, 0.25) is 0 Å². The summed E-state index contributed by atoms with van der Waals surface area (Å²) in [5, 5.41) is 1.83. The molecule has 0 unspecified atom stereocenters. The number of ether oxygens (including phenoxy) is 1. The minimum Gasteiger partial charge on any atom is -0.452 e. The summed E-state index contributed by atoms with van der Waals surface area (Å²) in [7, 11) is 0. The van der Waals surface area contributed by atoms with Crippen LogP contribution in [0.25, 0.3) is 0 Å². The van der Waals surface area contributed by atoms with Crippen molar-refractivity contribution >= 4 is 29.1 Å². The second kappa shape index (κ2) is 7.34. The lowest BCUT2D eigenvalue weighted by Crippen LogP contribution is -2.51. The highest BCUT2D eigenvalue weighted by molar-refractivity contribution is 7.10. The predicted octanol–water partition coefficient (Wildman–Crippen LogP) is 1.65. The Morgan fingerprint density at radius 3 is 2.79 bits per heavy atom. The molecule has 2 heterocycles. The van der Waals surface area contributed by atoms with Crippen molar-refractivity contribution in [2.45, 2.75) is 51.0 Å². The molecule has 3 rings (SSSR count). The molecule has 0 spiro atoms. The van der Waals surface area contributed by atoms with E-state index in [1.807, 2.05) is 5.38 Å². The lowest BCUT2D eigenvalue weighted by Gasteiger charge is -2.33. The standard InChI is InChI=1S/C17H22N2O4S/c18-16(21)13-6-3-4-8-19(13)15(20)9-23-17(22)12-10-24-14-7-2-1-5-11(12)14/h10,13H,1-9H2,(H2,18,21)/t13-/m0/s1. The van der Waals surface area contributed by atoms with Gasteiger partial charge in [0.1, 0.15) is 6.04 Å². The summed E-state index contributed by atoms with van der Waals surface area (Å²) < 4.78 is 5.22. The molecule has 2 aliphatic rings. The van der Waals surface area contributed by atoms with Crippen LogP contribution in [-0.4, -0.2) is 41.9 Å². The molecular formula is C17H22N2O4S. The number of nitrogens with two attached hydrogens (primary N) is 1. The first-order valence-corrected chi connectivity index (χ1v) is 9.31. The number of rotatable bonds is 4. The Bertz CT molecular complexity index is 655. The minimum absolute atomic E-state index is 0.340. The number of amides is 2. The van der Waals surface area contributed by atoms with E-state index in [1.165, 1.54) is 9.78 Å². The van der Waals surface area contributed by atoms with Gasteiger partial charge in [0.25, 0.3) is 5.91 Å². The third-order valence-corrected chi connectivity index (χ3v) is 5.85. The van der Waals surface area contributed by atoms with E-state index in [4.69, 9.17) is 10.5 Å². The van der Waals surface area contributed by atoms with E-state index in [0.717, 1.165) is 44.1 Å².